The van der Waals surface area contributed by atoms with Gasteiger partial charge in [0.2, 0.25) is 0 Å². The SMILES string of the molecule is O=[N+]([O-])c1ccc(C2=NN(c3ccc(N4CCOCC4)cc3)CC2)cc1. The van der Waals surface area contributed by atoms with Gasteiger partial charge in [0, 0.05) is 43.9 Å². The lowest BCUT2D eigenvalue weighted by Gasteiger charge is -2.29. The molecule has 26 heavy (non-hydrogen) atoms. The summed E-state index contributed by atoms with van der Waals surface area (Å²) < 4.78 is 5.40. The fraction of sp³-hybridized carbons (Fsp3) is 0.316. The molecule has 7 heteroatoms. The van der Waals surface area contributed by atoms with E-state index in [1.165, 1.54) is 17.8 Å². The molecule has 0 aliphatic carbocycles. The third kappa shape index (κ3) is 3.39. The molecule has 1 fully saturated rings. The van der Waals surface area contributed by atoms with Crippen molar-refractivity contribution in [3.63, 3.8) is 0 Å². The van der Waals surface area contributed by atoms with Crippen molar-refractivity contribution in [1.82, 2.24) is 0 Å². The zero-order chi connectivity index (χ0) is 17.9. The van der Waals surface area contributed by atoms with Gasteiger partial charge in [0.1, 0.15) is 0 Å². The Morgan fingerprint density at radius 2 is 1.58 bits per heavy atom. The summed E-state index contributed by atoms with van der Waals surface area (Å²) in [5.41, 5.74) is 4.25. The van der Waals surface area contributed by atoms with Crippen molar-refractivity contribution in [1.29, 1.82) is 0 Å². The van der Waals surface area contributed by atoms with E-state index in [2.05, 4.69) is 29.2 Å². The zero-order valence-corrected chi connectivity index (χ0v) is 14.4. The minimum atomic E-state index is -0.386. The summed E-state index contributed by atoms with van der Waals surface area (Å²) in [7, 11) is 0. The number of anilines is 2. The van der Waals surface area contributed by atoms with Gasteiger partial charge in [0.05, 0.1) is 29.5 Å². The van der Waals surface area contributed by atoms with Gasteiger partial charge in [-0.15, -0.1) is 0 Å². The van der Waals surface area contributed by atoms with Gasteiger partial charge in [-0.1, -0.05) is 0 Å². The molecule has 2 aromatic carbocycles. The van der Waals surface area contributed by atoms with Crippen LogP contribution in [0.4, 0.5) is 17.1 Å². The Morgan fingerprint density at radius 1 is 0.923 bits per heavy atom. The second-order valence-corrected chi connectivity index (χ2v) is 6.34. The predicted molar refractivity (Wildman–Crippen MR) is 101 cm³/mol. The zero-order valence-electron chi connectivity index (χ0n) is 14.4. The van der Waals surface area contributed by atoms with Crippen LogP contribution in [0.5, 0.6) is 0 Å². The monoisotopic (exact) mass is 352 g/mol. The van der Waals surface area contributed by atoms with E-state index in [1.807, 2.05) is 5.01 Å². The summed E-state index contributed by atoms with van der Waals surface area (Å²) in [6.45, 7) is 4.20. The van der Waals surface area contributed by atoms with Crippen LogP contribution in [-0.2, 0) is 4.74 Å². The number of morpholine rings is 1. The van der Waals surface area contributed by atoms with Crippen LogP contribution in [0.1, 0.15) is 12.0 Å². The highest BCUT2D eigenvalue weighted by Crippen LogP contribution is 2.25. The lowest BCUT2D eigenvalue weighted by atomic mass is 10.1. The fourth-order valence-electron chi connectivity index (χ4n) is 3.28. The highest BCUT2D eigenvalue weighted by Gasteiger charge is 2.19. The number of rotatable bonds is 4. The van der Waals surface area contributed by atoms with Crippen molar-refractivity contribution in [2.45, 2.75) is 6.42 Å². The summed E-state index contributed by atoms with van der Waals surface area (Å²) in [5, 5.41) is 17.4. The largest absolute Gasteiger partial charge is 0.378 e. The molecule has 0 amide bonds. The van der Waals surface area contributed by atoms with E-state index in [4.69, 9.17) is 9.84 Å². The maximum atomic E-state index is 10.8. The van der Waals surface area contributed by atoms with E-state index in [1.54, 1.807) is 12.1 Å². The van der Waals surface area contributed by atoms with Gasteiger partial charge >= 0.3 is 0 Å². The van der Waals surface area contributed by atoms with E-state index in [0.717, 1.165) is 56.2 Å². The number of nitrogens with zero attached hydrogens (tertiary/aromatic N) is 4. The van der Waals surface area contributed by atoms with Crippen LogP contribution in [-0.4, -0.2) is 43.5 Å². The lowest BCUT2D eigenvalue weighted by molar-refractivity contribution is -0.384. The van der Waals surface area contributed by atoms with Gasteiger partial charge in [0.15, 0.2) is 0 Å². The third-order valence-corrected chi connectivity index (χ3v) is 4.74. The van der Waals surface area contributed by atoms with Gasteiger partial charge in [-0.05, 0) is 42.0 Å². The summed E-state index contributed by atoms with van der Waals surface area (Å²) >= 11 is 0. The molecule has 0 saturated carbocycles. The number of non-ortho nitro benzene ring substituents is 1. The first kappa shape index (κ1) is 16.5. The summed E-state index contributed by atoms with van der Waals surface area (Å²) in [5.74, 6) is 0. The molecule has 0 spiro atoms. The van der Waals surface area contributed by atoms with E-state index in [0.29, 0.717) is 0 Å². The van der Waals surface area contributed by atoms with E-state index in [9.17, 15) is 10.1 Å². The second kappa shape index (κ2) is 7.13. The normalized spacial score (nSPS) is 17.3. The molecule has 0 bridgehead atoms. The topological polar surface area (TPSA) is 71.2 Å². The molecule has 0 unspecified atom stereocenters. The van der Waals surface area contributed by atoms with Crippen LogP contribution in [0.3, 0.4) is 0 Å². The number of hydrazone groups is 1. The quantitative estimate of drug-likeness (QED) is 0.625. The minimum Gasteiger partial charge on any atom is -0.378 e. The predicted octanol–water partition coefficient (Wildman–Crippen LogP) is 3.05. The molecule has 0 aromatic heterocycles. The molecule has 0 radical (unpaired) electrons. The minimum absolute atomic E-state index is 0.0999. The first-order chi connectivity index (χ1) is 12.7. The van der Waals surface area contributed by atoms with Crippen molar-refractivity contribution in [2.75, 3.05) is 42.8 Å². The van der Waals surface area contributed by atoms with Crippen molar-refractivity contribution in [3.05, 3.63) is 64.2 Å². The Hall–Kier alpha value is -2.93. The van der Waals surface area contributed by atoms with Gasteiger partial charge in [0.25, 0.3) is 5.69 Å². The lowest BCUT2D eigenvalue weighted by Crippen LogP contribution is -2.36. The average molecular weight is 352 g/mol. The molecule has 134 valence electrons. The second-order valence-electron chi connectivity index (χ2n) is 6.34. The molecular weight excluding hydrogens is 332 g/mol. The Labute approximate surface area is 151 Å². The van der Waals surface area contributed by atoms with E-state index < -0.39 is 0 Å². The summed E-state index contributed by atoms with van der Waals surface area (Å²) in [4.78, 5) is 12.7. The van der Waals surface area contributed by atoms with Gasteiger partial charge in [-0.25, -0.2) is 0 Å². The number of ether oxygens (including phenoxy) is 1. The van der Waals surface area contributed by atoms with Crippen LogP contribution in [0.15, 0.2) is 53.6 Å². The maximum absolute atomic E-state index is 10.8. The smallest absolute Gasteiger partial charge is 0.269 e. The Bertz CT molecular complexity index is 812. The van der Waals surface area contributed by atoms with Crippen LogP contribution < -0.4 is 9.91 Å². The molecule has 2 aromatic rings. The highest BCUT2D eigenvalue weighted by molar-refractivity contribution is 6.02. The van der Waals surface area contributed by atoms with Crippen LogP contribution in [0.2, 0.25) is 0 Å². The summed E-state index contributed by atoms with van der Waals surface area (Å²) in [6.07, 6.45) is 0.822. The maximum Gasteiger partial charge on any atom is 0.269 e. The number of hydrogen-bond acceptors (Lipinski definition) is 6. The van der Waals surface area contributed by atoms with Crippen molar-refractivity contribution in [3.8, 4) is 0 Å². The van der Waals surface area contributed by atoms with Crippen molar-refractivity contribution >= 4 is 22.8 Å². The van der Waals surface area contributed by atoms with Crippen molar-refractivity contribution in [2.24, 2.45) is 5.10 Å². The standard InChI is InChI=1S/C19H20N4O3/c24-23(25)18-3-1-15(2-4-18)19-9-10-22(20-19)17-7-5-16(6-8-17)21-11-13-26-14-12-21/h1-8H,9-14H2. The van der Waals surface area contributed by atoms with E-state index in [-0.39, 0.29) is 10.6 Å². The molecule has 7 nitrogen and oxygen atoms in total. The molecule has 2 aliphatic rings. The molecule has 1 saturated heterocycles. The molecule has 2 heterocycles. The van der Waals surface area contributed by atoms with Crippen LogP contribution in [0.25, 0.3) is 0 Å². The molecule has 0 N–H and O–H groups in total. The number of hydrogen-bond donors (Lipinski definition) is 0. The third-order valence-electron chi connectivity index (χ3n) is 4.74. The Kier molecular flexibility index (Phi) is 4.53. The highest BCUT2D eigenvalue weighted by atomic mass is 16.6. The van der Waals surface area contributed by atoms with Gasteiger partial charge < -0.3 is 9.64 Å². The number of nitro groups is 1. The van der Waals surface area contributed by atoms with Crippen LogP contribution in [0, 0.1) is 10.1 Å². The first-order valence-corrected chi connectivity index (χ1v) is 8.73. The summed E-state index contributed by atoms with van der Waals surface area (Å²) in [6, 6.07) is 15.0. The molecule has 0 atom stereocenters. The number of benzene rings is 2. The van der Waals surface area contributed by atoms with E-state index >= 15 is 0 Å². The van der Waals surface area contributed by atoms with Gasteiger partial charge in [-0.3, -0.25) is 15.1 Å². The molecular formula is C19H20N4O3. The van der Waals surface area contributed by atoms with Gasteiger partial charge in [-0.2, -0.15) is 5.10 Å². The van der Waals surface area contributed by atoms with Crippen molar-refractivity contribution < 1.29 is 9.66 Å². The van der Waals surface area contributed by atoms with Crippen LogP contribution >= 0.6 is 0 Å². The number of nitro benzene ring substituents is 1. The Morgan fingerprint density at radius 3 is 2.23 bits per heavy atom. The fourth-order valence-corrected chi connectivity index (χ4v) is 3.28. The Balaban J connectivity index is 1.47. The first-order valence-electron chi connectivity index (χ1n) is 8.73. The average Bonchev–Trinajstić information content (AvgIpc) is 3.19. The molecule has 2 aliphatic heterocycles. The molecule has 4 rings (SSSR count).